The summed E-state index contributed by atoms with van der Waals surface area (Å²) in [6.45, 7) is 0. The molecule has 0 amide bonds. The maximum absolute atomic E-state index is 4.43. The van der Waals surface area contributed by atoms with Gasteiger partial charge in [0.25, 0.3) is 0 Å². The molecule has 0 N–H and O–H groups in total. The SMILES string of the molecule is S=[C]C(=S)[C]=S. The van der Waals surface area contributed by atoms with Crippen LogP contribution in [0.3, 0.4) is 0 Å². The molecule has 30 valence electrons. The maximum Gasteiger partial charge on any atom is 0.0768 e. The molecule has 3 heteroatoms. The van der Waals surface area contributed by atoms with Crippen molar-refractivity contribution < 1.29 is 0 Å². The second-order valence-corrected chi connectivity index (χ2v) is 1.35. The standard InChI is InChI=1S/C3S3/c4-1-3(6)2-5. The highest BCUT2D eigenvalue weighted by atomic mass is 32.1. The zero-order chi connectivity index (χ0) is 4.99. The van der Waals surface area contributed by atoms with E-state index < -0.39 is 0 Å². The molecule has 0 aliphatic heterocycles. The summed E-state index contributed by atoms with van der Waals surface area (Å²) < 4.78 is 0. The van der Waals surface area contributed by atoms with Crippen molar-refractivity contribution in [2.24, 2.45) is 0 Å². The number of hydrogen-bond acceptors (Lipinski definition) is 3. The molecule has 0 rings (SSSR count). The summed E-state index contributed by atoms with van der Waals surface area (Å²) in [6, 6.07) is 0. The first-order valence-corrected chi connectivity index (χ1v) is 2.34. The van der Waals surface area contributed by atoms with Crippen LogP contribution in [-0.2, 0) is 0 Å². The molecule has 0 aromatic heterocycles. The Hall–Kier alpha value is 0.270. The third-order valence-corrected chi connectivity index (χ3v) is 1.06. The summed E-state index contributed by atoms with van der Waals surface area (Å²) in [6.07, 6.45) is 0. The molecule has 0 atom stereocenters. The summed E-state index contributed by atoms with van der Waals surface area (Å²) in [5.41, 5.74) is 0. The van der Waals surface area contributed by atoms with Crippen LogP contribution in [-0.4, -0.2) is 15.6 Å². The van der Waals surface area contributed by atoms with E-state index in [0.29, 0.717) is 4.86 Å². The smallest absolute Gasteiger partial charge is 0.0768 e. The van der Waals surface area contributed by atoms with Crippen LogP contribution in [0.4, 0.5) is 0 Å². The molecule has 0 nitrogen and oxygen atoms in total. The van der Waals surface area contributed by atoms with Gasteiger partial charge in [0, 0.05) is 0 Å². The topological polar surface area (TPSA) is 0 Å². The Morgan fingerprint density at radius 1 is 1.17 bits per heavy atom. The first kappa shape index (κ1) is 6.27. The van der Waals surface area contributed by atoms with Gasteiger partial charge in [-0.15, -0.1) is 0 Å². The lowest BCUT2D eigenvalue weighted by Crippen LogP contribution is -1.89. The van der Waals surface area contributed by atoms with Crippen LogP contribution >= 0.6 is 36.7 Å². The van der Waals surface area contributed by atoms with Crippen LogP contribution in [0.5, 0.6) is 0 Å². The molecule has 0 saturated carbocycles. The van der Waals surface area contributed by atoms with Crippen molar-refractivity contribution in [3.63, 3.8) is 0 Å². The molecule has 0 aromatic rings. The molecular weight excluding hydrogens is 132 g/mol. The number of rotatable bonds is 2. The molecule has 0 spiro atoms. The summed E-state index contributed by atoms with van der Waals surface area (Å²) in [5.74, 6) is 0. The van der Waals surface area contributed by atoms with Crippen LogP contribution < -0.4 is 0 Å². The number of hydrogen-bond donors (Lipinski definition) is 0. The molecule has 0 aliphatic rings. The Balaban J connectivity index is 3.52. The van der Waals surface area contributed by atoms with Crippen LogP contribution in [0.15, 0.2) is 0 Å². The van der Waals surface area contributed by atoms with E-state index in [4.69, 9.17) is 0 Å². The van der Waals surface area contributed by atoms with Gasteiger partial charge >= 0.3 is 0 Å². The third-order valence-electron chi connectivity index (χ3n) is 0.185. The van der Waals surface area contributed by atoms with Gasteiger partial charge in [0.2, 0.25) is 0 Å². The lowest BCUT2D eigenvalue weighted by atomic mass is 10.6. The van der Waals surface area contributed by atoms with Crippen molar-refractivity contribution in [3.8, 4) is 0 Å². The zero-order valence-corrected chi connectivity index (χ0v) is 5.17. The van der Waals surface area contributed by atoms with E-state index in [2.05, 4.69) is 47.4 Å². The summed E-state index contributed by atoms with van der Waals surface area (Å²) in [5, 5.41) is 4.43. The molecule has 2 radical (unpaired) electrons. The minimum Gasteiger partial charge on any atom is -0.0768 e. The highest BCUT2D eigenvalue weighted by Gasteiger charge is 1.76. The Morgan fingerprint density at radius 2 is 1.50 bits per heavy atom. The van der Waals surface area contributed by atoms with Gasteiger partial charge in [0.1, 0.15) is 0 Å². The van der Waals surface area contributed by atoms with Gasteiger partial charge in [-0.2, -0.15) is 0 Å². The average Bonchev–Trinajstić information content (AvgIpc) is 1.65. The fraction of sp³-hybridized carbons (Fsp3) is 0. The fourth-order valence-electron chi connectivity index (χ4n) is 0.0208. The Morgan fingerprint density at radius 3 is 1.50 bits per heavy atom. The molecule has 0 saturated heterocycles. The number of thiocarbonyl (C=S) groups is 3. The second kappa shape index (κ2) is 3.46. The van der Waals surface area contributed by atoms with Crippen LogP contribution in [0.1, 0.15) is 0 Å². The third kappa shape index (κ3) is 2.50. The van der Waals surface area contributed by atoms with Gasteiger partial charge in [-0.1, -0.05) is 36.7 Å². The Labute approximate surface area is 52.5 Å². The molecular formula is C3S3. The minimum atomic E-state index is 0.306. The van der Waals surface area contributed by atoms with E-state index >= 15 is 0 Å². The van der Waals surface area contributed by atoms with Gasteiger partial charge in [0.15, 0.2) is 0 Å². The monoisotopic (exact) mass is 132 g/mol. The second-order valence-electron chi connectivity index (χ2n) is 0.533. The van der Waals surface area contributed by atoms with Gasteiger partial charge in [0.05, 0.1) is 15.6 Å². The summed E-state index contributed by atoms with van der Waals surface area (Å²) in [4.78, 5) is 0.306. The van der Waals surface area contributed by atoms with E-state index in [1.165, 1.54) is 0 Å². The van der Waals surface area contributed by atoms with Gasteiger partial charge in [-0.3, -0.25) is 0 Å². The van der Waals surface area contributed by atoms with Crippen LogP contribution in [0, 0.1) is 0 Å². The molecule has 0 aromatic carbocycles. The van der Waals surface area contributed by atoms with E-state index in [-0.39, 0.29) is 0 Å². The van der Waals surface area contributed by atoms with E-state index in [1.807, 2.05) is 0 Å². The van der Waals surface area contributed by atoms with Gasteiger partial charge < -0.3 is 0 Å². The molecule has 0 aliphatic carbocycles. The Kier molecular flexibility index (Phi) is 3.62. The zero-order valence-electron chi connectivity index (χ0n) is 2.72. The first-order valence-electron chi connectivity index (χ1n) is 1.11. The van der Waals surface area contributed by atoms with Gasteiger partial charge in [-0.25, -0.2) is 0 Å². The normalized spacial score (nSPS) is 6.67. The first-order chi connectivity index (χ1) is 2.81. The lowest BCUT2D eigenvalue weighted by molar-refractivity contribution is 3.47. The fourth-order valence-corrected chi connectivity index (χ4v) is 0.187. The molecule has 6 heavy (non-hydrogen) atoms. The average molecular weight is 132 g/mol. The molecule has 0 bridgehead atoms. The van der Waals surface area contributed by atoms with Crippen LogP contribution in [0.2, 0.25) is 0 Å². The van der Waals surface area contributed by atoms with Crippen molar-refractivity contribution in [3.05, 3.63) is 0 Å². The largest absolute Gasteiger partial charge is 0.0768 e. The van der Waals surface area contributed by atoms with E-state index in [1.54, 1.807) is 0 Å². The van der Waals surface area contributed by atoms with Gasteiger partial charge in [-0.05, 0) is 0 Å². The van der Waals surface area contributed by atoms with Crippen LogP contribution in [0.25, 0.3) is 0 Å². The van der Waals surface area contributed by atoms with E-state index in [0.717, 1.165) is 0 Å². The predicted molar refractivity (Wildman–Crippen MR) is 37.8 cm³/mol. The lowest BCUT2D eigenvalue weighted by Gasteiger charge is -1.65. The molecule has 0 unspecified atom stereocenters. The van der Waals surface area contributed by atoms with Crippen molar-refractivity contribution in [2.75, 3.05) is 0 Å². The maximum atomic E-state index is 4.43. The summed E-state index contributed by atoms with van der Waals surface area (Å²) in [7, 11) is 0. The highest BCUT2D eigenvalue weighted by Crippen LogP contribution is 1.64. The molecule has 0 fully saturated rings. The Bertz CT molecular complexity index is 74.0. The van der Waals surface area contributed by atoms with Crippen molar-refractivity contribution in [1.82, 2.24) is 0 Å². The summed E-state index contributed by atoms with van der Waals surface area (Å²) >= 11 is 12.9. The quantitative estimate of drug-likeness (QED) is 0.517. The van der Waals surface area contributed by atoms with Crippen molar-refractivity contribution in [2.45, 2.75) is 0 Å². The predicted octanol–water partition coefficient (Wildman–Crippen LogP) is 1.11. The van der Waals surface area contributed by atoms with Crippen molar-refractivity contribution in [1.29, 1.82) is 0 Å². The van der Waals surface area contributed by atoms with Crippen molar-refractivity contribution >= 4 is 52.3 Å². The van der Waals surface area contributed by atoms with E-state index in [9.17, 15) is 0 Å². The highest BCUT2D eigenvalue weighted by molar-refractivity contribution is 7.93. The minimum absolute atomic E-state index is 0.306. The molecule has 0 heterocycles.